The van der Waals surface area contributed by atoms with Crippen molar-refractivity contribution in [1.29, 1.82) is 0 Å². The third-order valence-electron chi connectivity index (χ3n) is 3.00. The summed E-state index contributed by atoms with van der Waals surface area (Å²) < 4.78 is 5.06. The number of hydrogen-bond donors (Lipinski definition) is 0. The molecule has 1 aliphatic carbocycles. The van der Waals surface area contributed by atoms with Crippen LogP contribution in [-0.4, -0.2) is 5.97 Å². The topological polar surface area (TPSA) is 26.3 Å². The van der Waals surface area contributed by atoms with Crippen molar-refractivity contribution in [3.8, 4) is 0 Å². The summed E-state index contributed by atoms with van der Waals surface area (Å²) in [4.78, 5) is 11.1. The summed E-state index contributed by atoms with van der Waals surface area (Å²) >= 11 is 0. The zero-order valence-corrected chi connectivity index (χ0v) is 10.4. The highest BCUT2D eigenvalue weighted by molar-refractivity contribution is 5.69. The quantitative estimate of drug-likeness (QED) is 0.411. The SMILES string of the molecule is C=C(C)[C@H]1CC=C(C)/C(=C/OC(=O)CC)C1. The van der Waals surface area contributed by atoms with E-state index in [9.17, 15) is 4.79 Å². The zero-order valence-electron chi connectivity index (χ0n) is 10.4. The first-order chi connectivity index (χ1) is 7.54. The second kappa shape index (κ2) is 5.69. The van der Waals surface area contributed by atoms with Crippen molar-refractivity contribution in [2.75, 3.05) is 0 Å². The second-order valence-electron chi connectivity index (χ2n) is 4.36. The molecule has 1 aliphatic rings. The fourth-order valence-corrected chi connectivity index (χ4v) is 1.70. The van der Waals surface area contributed by atoms with Gasteiger partial charge in [0, 0.05) is 6.42 Å². The molecule has 2 heteroatoms. The maximum absolute atomic E-state index is 11.1. The van der Waals surface area contributed by atoms with E-state index in [4.69, 9.17) is 4.74 Å². The molecule has 0 aromatic rings. The molecule has 1 atom stereocenters. The van der Waals surface area contributed by atoms with Gasteiger partial charge in [0.05, 0.1) is 6.26 Å². The molecule has 0 amide bonds. The number of ether oxygens (including phenoxy) is 1. The zero-order chi connectivity index (χ0) is 12.1. The number of carbonyl (C=O) groups is 1. The maximum atomic E-state index is 11.1. The first-order valence-corrected chi connectivity index (χ1v) is 5.75. The van der Waals surface area contributed by atoms with E-state index in [1.807, 2.05) is 0 Å². The van der Waals surface area contributed by atoms with E-state index in [0.717, 1.165) is 18.4 Å². The molecule has 2 nitrogen and oxygen atoms in total. The van der Waals surface area contributed by atoms with Crippen LogP contribution >= 0.6 is 0 Å². The van der Waals surface area contributed by atoms with Crippen LogP contribution in [0, 0.1) is 5.92 Å². The van der Waals surface area contributed by atoms with E-state index in [1.54, 1.807) is 13.2 Å². The lowest BCUT2D eigenvalue weighted by atomic mass is 9.83. The fraction of sp³-hybridized carbons (Fsp3) is 0.500. The summed E-state index contributed by atoms with van der Waals surface area (Å²) in [6, 6.07) is 0. The predicted octanol–water partition coefficient (Wildman–Crippen LogP) is 3.76. The van der Waals surface area contributed by atoms with Crippen molar-refractivity contribution < 1.29 is 9.53 Å². The minimum absolute atomic E-state index is 0.183. The molecule has 0 unspecified atom stereocenters. The van der Waals surface area contributed by atoms with Crippen LogP contribution in [0.5, 0.6) is 0 Å². The van der Waals surface area contributed by atoms with Crippen molar-refractivity contribution in [1.82, 2.24) is 0 Å². The molecule has 0 N–H and O–H groups in total. The lowest BCUT2D eigenvalue weighted by Crippen LogP contribution is -2.09. The van der Waals surface area contributed by atoms with E-state index in [-0.39, 0.29) is 5.97 Å². The van der Waals surface area contributed by atoms with Gasteiger partial charge in [-0.15, -0.1) is 0 Å². The molecule has 0 fully saturated rings. The van der Waals surface area contributed by atoms with E-state index in [1.165, 1.54) is 11.1 Å². The predicted molar refractivity (Wildman–Crippen MR) is 65.8 cm³/mol. The molecule has 0 radical (unpaired) electrons. The van der Waals surface area contributed by atoms with E-state index < -0.39 is 0 Å². The average Bonchev–Trinajstić information content (AvgIpc) is 2.27. The summed E-state index contributed by atoms with van der Waals surface area (Å²) in [5.41, 5.74) is 3.51. The Labute approximate surface area is 97.7 Å². The first kappa shape index (κ1) is 12.8. The van der Waals surface area contributed by atoms with Gasteiger partial charge in [-0.2, -0.15) is 0 Å². The molecule has 16 heavy (non-hydrogen) atoms. The van der Waals surface area contributed by atoms with Crippen LogP contribution in [0.4, 0.5) is 0 Å². The molecular weight excluding hydrogens is 200 g/mol. The van der Waals surface area contributed by atoms with Crippen LogP contribution in [0.15, 0.2) is 35.6 Å². The molecule has 0 saturated heterocycles. The van der Waals surface area contributed by atoms with Gasteiger partial charge in [0.2, 0.25) is 0 Å². The third-order valence-corrected chi connectivity index (χ3v) is 3.00. The summed E-state index contributed by atoms with van der Waals surface area (Å²) in [5.74, 6) is 0.299. The van der Waals surface area contributed by atoms with Gasteiger partial charge in [0.1, 0.15) is 0 Å². The minimum atomic E-state index is -0.183. The fourth-order valence-electron chi connectivity index (χ4n) is 1.70. The molecular formula is C14H20O2. The highest BCUT2D eigenvalue weighted by Gasteiger charge is 2.17. The van der Waals surface area contributed by atoms with Gasteiger partial charge in [-0.3, -0.25) is 4.79 Å². The van der Waals surface area contributed by atoms with Gasteiger partial charge >= 0.3 is 5.97 Å². The van der Waals surface area contributed by atoms with Crippen LogP contribution < -0.4 is 0 Å². The van der Waals surface area contributed by atoms with Crippen LogP contribution in [0.1, 0.15) is 40.0 Å². The molecule has 0 aromatic heterocycles. The van der Waals surface area contributed by atoms with Gasteiger partial charge < -0.3 is 4.74 Å². The van der Waals surface area contributed by atoms with Crippen LogP contribution in [0.2, 0.25) is 0 Å². The third kappa shape index (κ3) is 3.37. The van der Waals surface area contributed by atoms with Crippen molar-refractivity contribution in [2.45, 2.75) is 40.0 Å². The Bertz CT molecular complexity index is 348. The number of esters is 1. The Morgan fingerprint density at radius 2 is 2.38 bits per heavy atom. The van der Waals surface area contributed by atoms with Crippen molar-refractivity contribution in [3.05, 3.63) is 35.6 Å². The molecule has 0 aliphatic heterocycles. The molecule has 0 heterocycles. The van der Waals surface area contributed by atoms with Gasteiger partial charge in [-0.1, -0.05) is 25.2 Å². The lowest BCUT2D eigenvalue weighted by molar-refractivity contribution is -0.137. The van der Waals surface area contributed by atoms with Crippen molar-refractivity contribution in [3.63, 3.8) is 0 Å². The highest BCUT2D eigenvalue weighted by atomic mass is 16.5. The summed E-state index contributed by atoms with van der Waals surface area (Å²) in [6.07, 6.45) is 6.17. The van der Waals surface area contributed by atoms with Gasteiger partial charge in [0.25, 0.3) is 0 Å². The normalized spacial score (nSPS) is 22.8. The smallest absolute Gasteiger partial charge is 0.310 e. The van der Waals surface area contributed by atoms with Gasteiger partial charge in [-0.25, -0.2) is 0 Å². The summed E-state index contributed by atoms with van der Waals surface area (Å²) in [6.45, 7) is 9.88. The Kier molecular flexibility index (Phi) is 4.53. The molecule has 1 rings (SSSR count). The maximum Gasteiger partial charge on any atom is 0.310 e. The van der Waals surface area contributed by atoms with Crippen LogP contribution in [-0.2, 0) is 9.53 Å². The van der Waals surface area contributed by atoms with Gasteiger partial charge in [-0.05, 0) is 43.8 Å². The Morgan fingerprint density at radius 3 is 2.94 bits per heavy atom. The monoisotopic (exact) mass is 220 g/mol. The molecule has 88 valence electrons. The number of rotatable bonds is 3. The first-order valence-electron chi connectivity index (χ1n) is 5.75. The average molecular weight is 220 g/mol. The summed E-state index contributed by atoms with van der Waals surface area (Å²) in [5, 5.41) is 0. The number of carbonyl (C=O) groups excluding carboxylic acids is 1. The van der Waals surface area contributed by atoms with Crippen LogP contribution in [0.3, 0.4) is 0 Å². The van der Waals surface area contributed by atoms with E-state index >= 15 is 0 Å². The van der Waals surface area contributed by atoms with Gasteiger partial charge in [0.15, 0.2) is 0 Å². The molecule has 0 spiro atoms. The standard InChI is InChI=1S/C14H20O2/c1-5-14(15)16-9-13-8-12(10(2)3)7-6-11(13)4/h6,9,12H,2,5,7-8H2,1,3-4H3/b13-9+/t12-/m0/s1. The Hall–Kier alpha value is -1.31. The van der Waals surface area contributed by atoms with Crippen molar-refractivity contribution >= 4 is 5.97 Å². The highest BCUT2D eigenvalue weighted by Crippen LogP contribution is 2.32. The minimum Gasteiger partial charge on any atom is -0.434 e. The molecule has 0 aromatic carbocycles. The summed E-state index contributed by atoms with van der Waals surface area (Å²) in [7, 11) is 0. The largest absolute Gasteiger partial charge is 0.434 e. The lowest BCUT2D eigenvalue weighted by Gasteiger charge is -2.23. The Balaban J connectivity index is 2.71. The molecule has 0 saturated carbocycles. The van der Waals surface area contributed by atoms with E-state index in [2.05, 4.69) is 26.5 Å². The van der Waals surface area contributed by atoms with Crippen LogP contribution in [0.25, 0.3) is 0 Å². The number of hydrogen-bond acceptors (Lipinski definition) is 2. The second-order valence-corrected chi connectivity index (χ2v) is 4.36. The van der Waals surface area contributed by atoms with Crippen molar-refractivity contribution in [2.24, 2.45) is 5.92 Å². The number of allylic oxidation sites excluding steroid dienone is 4. The van der Waals surface area contributed by atoms with E-state index in [0.29, 0.717) is 12.3 Å². The Morgan fingerprint density at radius 1 is 1.69 bits per heavy atom. The molecule has 0 bridgehead atoms.